The molecule has 2 aromatic carbocycles. The first-order valence-corrected chi connectivity index (χ1v) is 8.37. The molecule has 0 saturated heterocycles. The van der Waals surface area contributed by atoms with Crippen molar-refractivity contribution in [2.24, 2.45) is 0 Å². The largest absolute Gasteiger partial charge is 0.493 e. The first kappa shape index (κ1) is 16.9. The van der Waals surface area contributed by atoms with Gasteiger partial charge in [-0.05, 0) is 37.1 Å². The number of ether oxygens (including phenoxy) is 2. The van der Waals surface area contributed by atoms with E-state index in [2.05, 4.69) is 16.4 Å². The Morgan fingerprint density at radius 2 is 2.00 bits per heavy atom. The van der Waals surface area contributed by atoms with Gasteiger partial charge in [0, 0.05) is 35.3 Å². The number of benzene rings is 2. The number of anilines is 1. The molecule has 25 heavy (non-hydrogen) atoms. The fraction of sp³-hybridized carbons (Fsp3) is 0.250. The van der Waals surface area contributed by atoms with Crippen LogP contribution in [0.5, 0.6) is 11.5 Å². The fourth-order valence-electron chi connectivity index (χ4n) is 2.83. The maximum absolute atomic E-state index is 12.3. The standard InChI is InChI=1S/C20H22N2O3/c1-3-25-18-10-9-15(12-19(18)24-2)22-20(23)11-8-14-13-21-17-7-5-4-6-16(14)17/h4-7,9-10,12-13,21H,3,8,11H2,1-2H3,(H,22,23). The van der Waals surface area contributed by atoms with Gasteiger partial charge in [0.15, 0.2) is 11.5 Å². The summed E-state index contributed by atoms with van der Waals surface area (Å²) in [4.78, 5) is 15.5. The predicted octanol–water partition coefficient (Wildman–Crippen LogP) is 4.15. The lowest BCUT2D eigenvalue weighted by atomic mass is 10.1. The summed E-state index contributed by atoms with van der Waals surface area (Å²) in [6, 6.07) is 13.5. The Kier molecular flexibility index (Phi) is 5.23. The highest BCUT2D eigenvalue weighted by Gasteiger charge is 2.09. The van der Waals surface area contributed by atoms with Crippen molar-refractivity contribution in [3.05, 3.63) is 54.2 Å². The van der Waals surface area contributed by atoms with Crippen LogP contribution in [0.3, 0.4) is 0 Å². The van der Waals surface area contributed by atoms with Gasteiger partial charge in [-0.2, -0.15) is 0 Å². The molecule has 0 radical (unpaired) electrons. The molecular formula is C20H22N2O3. The van der Waals surface area contributed by atoms with E-state index in [0.717, 1.165) is 16.5 Å². The molecule has 5 heteroatoms. The normalized spacial score (nSPS) is 10.6. The Hall–Kier alpha value is -2.95. The second-order valence-electron chi connectivity index (χ2n) is 5.71. The minimum absolute atomic E-state index is 0.0310. The molecule has 5 nitrogen and oxygen atoms in total. The molecule has 0 spiro atoms. The average molecular weight is 338 g/mol. The molecule has 0 fully saturated rings. The van der Waals surface area contributed by atoms with Gasteiger partial charge < -0.3 is 19.8 Å². The van der Waals surface area contributed by atoms with Crippen molar-refractivity contribution >= 4 is 22.5 Å². The molecule has 0 aliphatic rings. The monoisotopic (exact) mass is 338 g/mol. The number of aryl methyl sites for hydroxylation is 1. The number of aromatic amines is 1. The number of hydrogen-bond donors (Lipinski definition) is 2. The summed E-state index contributed by atoms with van der Waals surface area (Å²) in [5.74, 6) is 1.24. The van der Waals surface area contributed by atoms with Crippen LogP contribution in [-0.4, -0.2) is 24.6 Å². The first-order valence-electron chi connectivity index (χ1n) is 8.37. The van der Waals surface area contributed by atoms with Crippen LogP contribution in [0.15, 0.2) is 48.7 Å². The summed E-state index contributed by atoms with van der Waals surface area (Å²) in [6.07, 6.45) is 3.07. The van der Waals surface area contributed by atoms with Gasteiger partial charge in [-0.15, -0.1) is 0 Å². The van der Waals surface area contributed by atoms with Gasteiger partial charge in [0.1, 0.15) is 0 Å². The zero-order valence-corrected chi connectivity index (χ0v) is 14.5. The predicted molar refractivity (Wildman–Crippen MR) is 99.4 cm³/mol. The zero-order valence-electron chi connectivity index (χ0n) is 14.5. The van der Waals surface area contributed by atoms with E-state index in [9.17, 15) is 4.79 Å². The number of carbonyl (C=O) groups excluding carboxylic acids is 1. The van der Waals surface area contributed by atoms with Gasteiger partial charge in [0.2, 0.25) is 5.91 Å². The summed E-state index contributed by atoms with van der Waals surface area (Å²) in [6.45, 7) is 2.48. The third kappa shape index (κ3) is 3.94. The molecule has 0 aliphatic carbocycles. The average Bonchev–Trinajstić information content (AvgIpc) is 3.04. The Morgan fingerprint density at radius 1 is 1.16 bits per heavy atom. The smallest absolute Gasteiger partial charge is 0.224 e. The third-order valence-electron chi connectivity index (χ3n) is 4.04. The maximum Gasteiger partial charge on any atom is 0.224 e. The molecular weight excluding hydrogens is 316 g/mol. The Balaban J connectivity index is 1.62. The molecule has 1 amide bonds. The third-order valence-corrected chi connectivity index (χ3v) is 4.04. The summed E-state index contributed by atoms with van der Waals surface area (Å²) in [5.41, 5.74) is 2.94. The second-order valence-corrected chi connectivity index (χ2v) is 5.71. The molecule has 3 rings (SSSR count). The number of para-hydroxylation sites is 1. The SMILES string of the molecule is CCOc1ccc(NC(=O)CCc2c[nH]c3ccccc23)cc1OC. The van der Waals surface area contributed by atoms with Crippen molar-refractivity contribution in [2.75, 3.05) is 19.0 Å². The van der Waals surface area contributed by atoms with Crippen LogP contribution in [0.1, 0.15) is 18.9 Å². The topological polar surface area (TPSA) is 63.3 Å². The number of amides is 1. The van der Waals surface area contributed by atoms with Crippen molar-refractivity contribution in [3.63, 3.8) is 0 Å². The number of hydrogen-bond acceptors (Lipinski definition) is 3. The number of rotatable bonds is 7. The van der Waals surface area contributed by atoms with Crippen LogP contribution < -0.4 is 14.8 Å². The minimum Gasteiger partial charge on any atom is -0.493 e. The minimum atomic E-state index is -0.0310. The quantitative estimate of drug-likeness (QED) is 0.680. The van der Waals surface area contributed by atoms with Gasteiger partial charge in [-0.25, -0.2) is 0 Å². The molecule has 130 valence electrons. The van der Waals surface area contributed by atoms with Gasteiger partial charge >= 0.3 is 0 Å². The maximum atomic E-state index is 12.3. The van der Waals surface area contributed by atoms with E-state index in [0.29, 0.717) is 36.6 Å². The van der Waals surface area contributed by atoms with E-state index in [1.54, 1.807) is 19.2 Å². The van der Waals surface area contributed by atoms with E-state index in [1.807, 2.05) is 37.4 Å². The number of fused-ring (bicyclic) bond motifs is 1. The van der Waals surface area contributed by atoms with Crippen LogP contribution in [-0.2, 0) is 11.2 Å². The van der Waals surface area contributed by atoms with Crippen molar-refractivity contribution < 1.29 is 14.3 Å². The summed E-state index contributed by atoms with van der Waals surface area (Å²) >= 11 is 0. The molecule has 3 aromatic rings. The highest BCUT2D eigenvalue weighted by atomic mass is 16.5. The van der Waals surface area contributed by atoms with E-state index >= 15 is 0 Å². The molecule has 0 atom stereocenters. The number of H-pyrrole nitrogens is 1. The van der Waals surface area contributed by atoms with Crippen LogP contribution in [0.4, 0.5) is 5.69 Å². The van der Waals surface area contributed by atoms with Crippen molar-refractivity contribution in [1.82, 2.24) is 4.98 Å². The lowest BCUT2D eigenvalue weighted by Crippen LogP contribution is -2.12. The molecule has 0 saturated carbocycles. The summed E-state index contributed by atoms with van der Waals surface area (Å²) < 4.78 is 10.8. The molecule has 0 bridgehead atoms. The van der Waals surface area contributed by atoms with E-state index in [-0.39, 0.29) is 5.91 Å². The number of methoxy groups -OCH3 is 1. The molecule has 0 unspecified atom stereocenters. The van der Waals surface area contributed by atoms with Gasteiger partial charge in [0.25, 0.3) is 0 Å². The lowest BCUT2D eigenvalue weighted by Gasteiger charge is -2.11. The van der Waals surface area contributed by atoms with Crippen LogP contribution >= 0.6 is 0 Å². The highest BCUT2D eigenvalue weighted by Crippen LogP contribution is 2.30. The molecule has 0 aliphatic heterocycles. The van der Waals surface area contributed by atoms with Gasteiger partial charge in [0.05, 0.1) is 13.7 Å². The van der Waals surface area contributed by atoms with E-state index in [4.69, 9.17) is 9.47 Å². The summed E-state index contributed by atoms with van der Waals surface area (Å²) in [7, 11) is 1.58. The van der Waals surface area contributed by atoms with E-state index < -0.39 is 0 Å². The van der Waals surface area contributed by atoms with Crippen molar-refractivity contribution in [3.8, 4) is 11.5 Å². The number of nitrogens with one attached hydrogen (secondary N) is 2. The summed E-state index contributed by atoms with van der Waals surface area (Å²) in [5, 5.41) is 4.08. The second kappa shape index (κ2) is 7.75. The van der Waals surface area contributed by atoms with Crippen molar-refractivity contribution in [1.29, 1.82) is 0 Å². The Labute approximate surface area is 147 Å². The molecule has 1 aromatic heterocycles. The van der Waals surface area contributed by atoms with Crippen LogP contribution in [0.25, 0.3) is 10.9 Å². The van der Waals surface area contributed by atoms with Crippen molar-refractivity contribution in [2.45, 2.75) is 19.8 Å². The van der Waals surface area contributed by atoms with Gasteiger partial charge in [-0.3, -0.25) is 4.79 Å². The Morgan fingerprint density at radius 3 is 2.80 bits per heavy atom. The first-order chi connectivity index (χ1) is 12.2. The molecule has 2 N–H and O–H groups in total. The Bertz CT molecular complexity index is 870. The fourth-order valence-corrected chi connectivity index (χ4v) is 2.83. The molecule has 1 heterocycles. The lowest BCUT2D eigenvalue weighted by molar-refractivity contribution is -0.116. The number of aromatic nitrogens is 1. The van der Waals surface area contributed by atoms with Gasteiger partial charge in [-0.1, -0.05) is 18.2 Å². The van der Waals surface area contributed by atoms with Crippen LogP contribution in [0.2, 0.25) is 0 Å². The van der Waals surface area contributed by atoms with E-state index in [1.165, 1.54) is 0 Å². The zero-order chi connectivity index (χ0) is 17.6. The van der Waals surface area contributed by atoms with Crippen LogP contribution in [0, 0.1) is 0 Å². The number of carbonyl (C=O) groups is 1. The highest BCUT2D eigenvalue weighted by molar-refractivity contribution is 5.92.